The molecule has 1 N–H and O–H groups in total. The molecular weight excluding hydrogens is 358 g/mol. The Morgan fingerprint density at radius 2 is 2.11 bits per heavy atom. The van der Waals surface area contributed by atoms with Gasteiger partial charge in [-0.3, -0.25) is 14.3 Å². The highest BCUT2D eigenvalue weighted by atomic mass is 16.5. The van der Waals surface area contributed by atoms with Crippen LogP contribution >= 0.6 is 0 Å². The van der Waals surface area contributed by atoms with Crippen LogP contribution in [0.2, 0.25) is 0 Å². The second kappa shape index (κ2) is 7.30. The largest absolute Gasteiger partial charge is 0.355 e. The van der Waals surface area contributed by atoms with E-state index in [9.17, 15) is 9.59 Å². The lowest BCUT2D eigenvalue weighted by Crippen LogP contribution is -2.31. The summed E-state index contributed by atoms with van der Waals surface area (Å²) in [7, 11) is 1.84. The fraction of sp³-hybridized carbons (Fsp3) is 0.300. The summed E-state index contributed by atoms with van der Waals surface area (Å²) in [5, 5.41) is 10.9. The lowest BCUT2D eigenvalue weighted by Gasteiger charge is -2.16. The molecule has 3 aromatic rings. The summed E-state index contributed by atoms with van der Waals surface area (Å²) < 4.78 is 7.03. The number of aromatic nitrogens is 3. The van der Waals surface area contributed by atoms with E-state index in [1.807, 2.05) is 44.3 Å². The Kier molecular flexibility index (Phi) is 4.68. The van der Waals surface area contributed by atoms with Gasteiger partial charge in [-0.25, -0.2) is 0 Å². The average Bonchev–Trinajstić information content (AvgIpc) is 3.41. The summed E-state index contributed by atoms with van der Waals surface area (Å²) in [6.07, 6.45) is 2.09. The monoisotopic (exact) mass is 379 g/mol. The molecule has 1 saturated heterocycles. The first kappa shape index (κ1) is 18.0. The Balaban J connectivity index is 1.36. The van der Waals surface area contributed by atoms with Gasteiger partial charge in [-0.1, -0.05) is 23.4 Å². The van der Waals surface area contributed by atoms with Crippen molar-refractivity contribution in [3.8, 4) is 11.3 Å². The number of rotatable bonds is 5. The molecule has 8 heteroatoms. The first-order chi connectivity index (χ1) is 13.5. The molecule has 0 radical (unpaired) electrons. The van der Waals surface area contributed by atoms with Gasteiger partial charge >= 0.3 is 0 Å². The number of carbonyl (C=O) groups excluding carboxylic acids is 2. The maximum Gasteiger partial charge on any atom is 0.273 e. The van der Waals surface area contributed by atoms with Crippen LogP contribution in [0.3, 0.4) is 0 Å². The second-order valence-corrected chi connectivity index (χ2v) is 6.96. The minimum atomic E-state index is -0.317. The number of hydrogen-bond donors (Lipinski definition) is 1. The van der Waals surface area contributed by atoms with Crippen molar-refractivity contribution < 1.29 is 14.1 Å². The SMILES string of the molecule is Cc1c(-c2cc(C(=O)NC[C@H]3CC(=O)N(c4ccccc4)C3)no2)cnn1C. The van der Waals surface area contributed by atoms with Crippen LogP contribution in [0.5, 0.6) is 0 Å². The lowest BCUT2D eigenvalue weighted by atomic mass is 10.1. The molecule has 0 spiro atoms. The maximum atomic E-state index is 12.4. The lowest BCUT2D eigenvalue weighted by molar-refractivity contribution is -0.117. The van der Waals surface area contributed by atoms with Crippen molar-refractivity contribution in [1.82, 2.24) is 20.3 Å². The van der Waals surface area contributed by atoms with Gasteiger partial charge in [-0.05, 0) is 19.1 Å². The number of carbonyl (C=O) groups is 2. The van der Waals surface area contributed by atoms with E-state index in [0.717, 1.165) is 16.9 Å². The molecule has 2 aromatic heterocycles. The van der Waals surface area contributed by atoms with Gasteiger partial charge in [0.25, 0.3) is 5.91 Å². The second-order valence-electron chi connectivity index (χ2n) is 6.96. The number of benzene rings is 1. The summed E-state index contributed by atoms with van der Waals surface area (Å²) in [6.45, 7) is 2.91. The molecule has 4 rings (SSSR count). The molecule has 1 aliphatic rings. The van der Waals surface area contributed by atoms with Crippen molar-refractivity contribution in [3.63, 3.8) is 0 Å². The number of anilines is 1. The van der Waals surface area contributed by atoms with E-state index < -0.39 is 0 Å². The topological polar surface area (TPSA) is 93.3 Å². The molecule has 0 unspecified atom stereocenters. The van der Waals surface area contributed by atoms with E-state index in [2.05, 4.69) is 15.6 Å². The van der Waals surface area contributed by atoms with Crippen molar-refractivity contribution in [2.75, 3.05) is 18.0 Å². The third kappa shape index (κ3) is 3.40. The first-order valence-electron chi connectivity index (χ1n) is 9.12. The fourth-order valence-corrected chi connectivity index (χ4v) is 3.35. The molecule has 1 aliphatic heterocycles. The highest BCUT2D eigenvalue weighted by Gasteiger charge is 2.31. The van der Waals surface area contributed by atoms with Crippen molar-refractivity contribution in [1.29, 1.82) is 0 Å². The van der Waals surface area contributed by atoms with Gasteiger partial charge in [0.2, 0.25) is 5.91 Å². The van der Waals surface area contributed by atoms with Crippen LogP contribution in [0.1, 0.15) is 22.6 Å². The van der Waals surface area contributed by atoms with Crippen molar-refractivity contribution in [2.45, 2.75) is 13.3 Å². The minimum Gasteiger partial charge on any atom is -0.355 e. The van der Waals surface area contributed by atoms with Crippen LogP contribution in [0.15, 0.2) is 47.1 Å². The predicted octanol–water partition coefficient (Wildman–Crippen LogP) is 2.17. The van der Waals surface area contributed by atoms with Crippen LogP contribution in [-0.4, -0.2) is 39.8 Å². The van der Waals surface area contributed by atoms with E-state index >= 15 is 0 Å². The van der Waals surface area contributed by atoms with E-state index in [1.54, 1.807) is 21.8 Å². The number of amides is 2. The summed E-state index contributed by atoms with van der Waals surface area (Å²) in [5.41, 5.74) is 2.82. The van der Waals surface area contributed by atoms with Gasteiger partial charge in [-0.15, -0.1) is 0 Å². The number of nitrogens with one attached hydrogen (secondary N) is 1. The Labute approximate surface area is 162 Å². The van der Waals surface area contributed by atoms with Crippen molar-refractivity contribution in [2.24, 2.45) is 13.0 Å². The van der Waals surface area contributed by atoms with E-state index in [-0.39, 0.29) is 23.4 Å². The quantitative estimate of drug-likeness (QED) is 0.733. The fourth-order valence-electron chi connectivity index (χ4n) is 3.35. The average molecular weight is 379 g/mol. The Morgan fingerprint density at radius 1 is 1.32 bits per heavy atom. The van der Waals surface area contributed by atoms with E-state index in [0.29, 0.717) is 25.3 Å². The summed E-state index contributed by atoms with van der Waals surface area (Å²) in [6, 6.07) is 11.2. The summed E-state index contributed by atoms with van der Waals surface area (Å²) >= 11 is 0. The molecular formula is C20H21N5O3. The Morgan fingerprint density at radius 3 is 2.82 bits per heavy atom. The zero-order valence-corrected chi connectivity index (χ0v) is 15.8. The normalized spacial score (nSPS) is 16.6. The molecule has 28 heavy (non-hydrogen) atoms. The molecule has 0 bridgehead atoms. The molecule has 3 heterocycles. The zero-order chi connectivity index (χ0) is 19.7. The standard InChI is InChI=1S/C20H21N5O3/c1-13-16(11-22-24(13)2)18-9-17(23-28-18)20(27)21-10-14-8-19(26)25(12-14)15-6-4-3-5-7-15/h3-7,9,11,14H,8,10,12H2,1-2H3,(H,21,27)/t14-/m1/s1. The highest BCUT2D eigenvalue weighted by Crippen LogP contribution is 2.25. The first-order valence-corrected chi connectivity index (χ1v) is 9.12. The van der Waals surface area contributed by atoms with Gasteiger partial charge in [0.15, 0.2) is 11.5 Å². The van der Waals surface area contributed by atoms with Gasteiger partial charge in [0.1, 0.15) is 0 Å². The number of nitrogens with zero attached hydrogens (tertiary/aromatic N) is 4. The van der Waals surface area contributed by atoms with Crippen LogP contribution in [0, 0.1) is 12.8 Å². The predicted molar refractivity (Wildman–Crippen MR) is 103 cm³/mol. The van der Waals surface area contributed by atoms with Crippen molar-refractivity contribution in [3.05, 3.63) is 54.0 Å². The third-order valence-corrected chi connectivity index (χ3v) is 5.07. The number of para-hydroxylation sites is 1. The van der Waals surface area contributed by atoms with Crippen LogP contribution in [-0.2, 0) is 11.8 Å². The van der Waals surface area contributed by atoms with E-state index in [4.69, 9.17) is 4.52 Å². The smallest absolute Gasteiger partial charge is 0.273 e. The highest BCUT2D eigenvalue weighted by molar-refractivity contribution is 5.96. The molecule has 2 amide bonds. The van der Waals surface area contributed by atoms with Gasteiger partial charge < -0.3 is 14.7 Å². The molecule has 0 saturated carbocycles. The van der Waals surface area contributed by atoms with Crippen LogP contribution in [0.4, 0.5) is 5.69 Å². The number of aryl methyl sites for hydroxylation is 1. The van der Waals surface area contributed by atoms with Gasteiger partial charge in [-0.2, -0.15) is 5.10 Å². The van der Waals surface area contributed by atoms with E-state index in [1.165, 1.54) is 0 Å². The molecule has 0 aliphatic carbocycles. The molecule has 144 valence electrons. The van der Waals surface area contributed by atoms with Gasteiger partial charge in [0, 0.05) is 49.9 Å². The molecule has 1 aromatic carbocycles. The van der Waals surface area contributed by atoms with Crippen LogP contribution < -0.4 is 10.2 Å². The van der Waals surface area contributed by atoms with Gasteiger partial charge in [0.05, 0.1) is 11.8 Å². The zero-order valence-electron chi connectivity index (χ0n) is 15.8. The molecule has 1 atom stereocenters. The Hall–Kier alpha value is -3.42. The summed E-state index contributed by atoms with van der Waals surface area (Å²) in [5.74, 6) is 0.314. The summed E-state index contributed by atoms with van der Waals surface area (Å²) in [4.78, 5) is 26.4. The molecule has 8 nitrogen and oxygen atoms in total. The number of hydrogen-bond acceptors (Lipinski definition) is 5. The van der Waals surface area contributed by atoms with Crippen molar-refractivity contribution >= 4 is 17.5 Å². The Bertz CT molecular complexity index is 1010. The van der Waals surface area contributed by atoms with Crippen LogP contribution in [0.25, 0.3) is 11.3 Å². The minimum absolute atomic E-state index is 0.0589. The third-order valence-electron chi connectivity index (χ3n) is 5.07. The maximum absolute atomic E-state index is 12.4. The molecule has 1 fully saturated rings.